The van der Waals surface area contributed by atoms with Crippen LogP contribution in [0.15, 0.2) is 78.2 Å². The summed E-state index contributed by atoms with van der Waals surface area (Å²) in [5.74, 6) is 0.0596. The van der Waals surface area contributed by atoms with E-state index in [1.54, 1.807) is 11.4 Å². The van der Waals surface area contributed by atoms with E-state index in [0.29, 0.717) is 36.0 Å². The molecule has 2 heterocycles. The summed E-state index contributed by atoms with van der Waals surface area (Å²) in [7, 11) is 0. The Balaban J connectivity index is 1.33. The van der Waals surface area contributed by atoms with Gasteiger partial charge in [0, 0.05) is 23.9 Å². The number of nitrogens with one attached hydrogen (secondary N) is 1. The van der Waals surface area contributed by atoms with Gasteiger partial charge in [0.15, 0.2) is 0 Å². The molecular formula is C32H32FN3O3S. The molecule has 1 N–H and O–H groups in total. The Morgan fingerprint density at radius 1 is 1.07 bits per heavy atom. The minimum Gasteiger partial charge on any atom is -0.486 e. The van der Waals surface area contributed by atoms with Crippen LogP contribution >= 0.6 is 11.3 Å². The Kier molecular flexibility index (Phi) is 7.98. The number of carbonyl (C=O) groups excluding carboxylic acids is 2. The van der Waals surface area contributed by atoms with E-state index in [1.165, 1.54) is 23.5 Å². The maximum atomic E-state index is 14.3. The molecular weight excluding hydrogens is 525 g/mol. The number of nitrogens with zero attached hydrogens (tertiary/aromatic N) is 2. The van der Waals surface area contributed by atoms with E-state index in [1.807, 2.05) is 80.3 Å². The SMILES string of the molecule is CC(C)(C)C(=O)N1CCc2ccc(OCc3nc(C(=O)NCc4ccccc4)cs3)cc2[C@@H]1c1cccc(F)c1. The smallest absolute Gasteiger partial charge is 0.271 e. The molecule has 6 nitrogen and oxygen atoms in total. The zero-order valence-corrected chi connectivity index (χ0v) is 23.6. The Labute approximate surface area is 237 Å². The number of halogens is 1. The number of hydrogen-bond donors (Lipinski definition) is 1. The van der Waals surface area contributed by atoms with Crippen molar-refractivity contribution < 1.29 is 18.7 Å². The predicted molar refractivity (Wildman–Crippen MR) is 154 cm³/mol. The molecule has 40 heavy (non-hydrogen) atoms. The van der Waals surface area contributed by atoms with Crippen molar-refractivity contribution in [1.82, 2.24) is 15.2 Å². The van der Waals surface area contributed by atoms with E-state index in [2.05, 4.69) is 10.3 Å². The van der Waals surface area contributed by atoms with Crippen molar-refractivity contribution in [3.8, 4) is 5.75 Å². The van der Waals surface area contributed by atoms with Crippen LogP contribution in [0.1, 0.15) is 64.6 Å². The van der Waals surface area contributed by atoms with E-state index in [0.717, 1.165) is 22.3 Å². The number of ether oxygens (including phenoxy) is 1. The number of fused-ring (bicyclic) bond motifs is 1. The van der Waals surface area contributed by atoms with Crippen LogP contribution in [0, 0.1) is 11.2 Å². The Morgan fingerprint density at radius 3 is 2.62 bits per heavy atom. The Hall–Kier alpha value is -4.04. The van der Waals surface area contributed by atoms with Crippen molar-refractivity contribution >= 4 is 23.2 Å². The lowest BCUT2D eigenvalue weighted by atomic mass is 9.85. The van der Waals surface area contributed by atoms with E-state index in [9.17, 15) is 14.0 Å². The van der Waals surface area contributed by atoms with Crippen LogP contribution in [0.2, 0.25) is 0 Å². The van der Waals surface area contributed by atoms with Crippen LogP contribution in [0.4, 0.5) is 4.39 Å². The first-order valence-electron chi connectivity index (χ1n) is 13.3. The number of amides is 2. The van der Waals surface area contributed by atoms with Crippen LogP contribution in [0.5, 0.6) is 5.75 Å². The normalized spacial score (nSPS) is 14.9. The highest BCUT2D eigenvalue weighted by molar-refractivity contribution is 7.09. The summed E-state index contributed by atoms with van der Waals surface area (Å²) < 4.78 is 20.4. The summed E-state index contributed by atoms with van der Waals surface area (Å²) in [5, 5.41) is 5.29. The molecule has 0 radical (unpaired) electrons. The molecule has 0 aliphatic carbocycles. The zero-order chi connectivity index (χ0) is 28.3. The van der Waals surface area contributed by atoms with Crippen molar-refractivity contribution in [3.05, 3.63) is 117 Å². The first-order chi connectivity index (χ1) is 19.2. The molecule has 206 valence electrons. The molecule has 0 bridgehead atoms. The molecule has 8 heteroatoms. The van der Waals surface area contributed by atoms with Gasteiger partial charge in [-0.15, -0.1) is 11.3 Å². The average Bonchev–Trinajstić information content (AvgIpc) is 3.43. The van der Waals surface area contributed by atoms with E-state index in [4.69, 9.17) is 4.74 Å². The molecule has 1 aliphatic heterocycles. The Bertz CT molecular complexity index is 1510. The molecule has 1 aliphatic rings. The van der Waals surface area contributed by atoms with Gasteiger partial charge in [-0.2, -0.15) is 0 Å². The minimum atomic E-state index is -0.576. The fourth-order valence-corrected chi connectivity index (χ4v) is 5.55. The largest absolute Gasteiger partial charge is 0.486 e. The lowest BCUT2D eigenvalue weighted by molar-refractivity contribution is -0.141. The second-order valence-corrected chi connectivity index (χ2v) is 11.8. The number of thiazole rings is 1. The van der Waals surface area contributed by atoms with Gasteiger partial charge >= 0.3 is 0 Å². The number of aromatic nitrogens is 1. The molecule has 4 aromatic rings. The van der Waals surface area contributed by atoms with Gasteiger partial charge in [0.25, 0.3) is 5.91 Å². The fourth-order valence-electron chi connectivity index (χ4n) is 4.86. The monoisotopic (exact) mass is 557 g/mol. The molecule has 0 fully saturated rings. The third-order valence-corrected chi connectivity index (χ3v) is 7.68. The van der Waals surface area contributed by atoms with Crippen LogP contribution in [0.3, 0.4) is 0 Å². The minimum absolute atomic E-state index is 0.0135. The van der Waals surface area contributed by atoms with Crippen LogP contribution in [-0.4, -0.2) is 28.2 Å². The van der Waals surface area contributed by atoms with Crippen molar-refractivity contribution in [2.75, 3.05) is 6.54 Å². The molecule has 3 aromatic carbocycles. The zero-order valence-electron chi connectivity index (χ0n) is 22.8. The average molecular weight is 558 g/mol. The van der Waals surface area contributed by atoms with Crippen LogP contribution < -0.4 is 10.1 Å². The predicted octanol–water partition coefficient (Wildman–Crippen LogP) is 6.31. The van der Waals surface area contributed by atoms with Crippen LogP contribution in [0.25, 0.3) is 0 Å². The molecule has 0 spiro atoms. The van der Waals surface area contributed by atoms with Gasteiger partial charge in [-0.1, -0.05) is 69.3 Å². The number of carbonyl (C=O) groups is 2. The first kappa shape index (κ1) is 27.5. The molecule has 1 aromatic heterocycles. The van der Waals surface area contributed by atoms with Gasteiger partial charge in [0.1, 0.15) is 28.9 Å². The summed E-state index contributed by atoms with van der Waals surface area (Å²) in [6, 6.07) is 21.6. The van der Waals surface area contributed by atoms with E-state index < -0.39 is 11.5 Å². The molecule has 0 unspecified atom stereocenters. The summed E-state index contributed by atoms with van der Waals surface area (Å²) >= 11 is 1.36. The lowest BCUT2D eigenvalue weighted by Gasteiger charge is -2.41. The van der Waals surface area contributed by atoms with Crippen molar-refractivity contribution in [2.45, 2.75) is 46.4 Å². The fraction of sp³-hybridized carbons (Fsp3) is 0.281. The van der Waals surface area contributed by atoms with Crippen LogP contribution in [-0.2, 0) is 24.4 Å². The molecule has 1 atom stereocenters. The summed E-state index contributed by atoms with van der Waals surface area (Å²) in [6.07, 6.45) is 0.706. The summed E-state index contributed by atoms with van der Waals surface area (Å²) in [4.78, 5) is 32.3. The van der Waals surface area contributed by atoms with Gasteiger partial charge in [0.05, 0.1) is 6.04 Å². The number of rotatable bonds is 7. The molecule has 0 saturated carbocycles. The quantitative estimate of drug-likeness (QED) is 0.289. The first-order valence-corrected chi connectivity index (χ1v) is 14.2. The highest BCUT2D eigenvalue weighted by Gasteiger charge is 2.37. The van der Waals surface area contributed by atoms with Crippen molar-refractivity contribution in [1.29, 1.82) is 0 Å². The van der Waals surface area contributed by atoms with Crippen molar-refractivity contribution in [2.24, 2.45) is 5.41 Å². The van der Waals surface area contributed by atoms with Gasteiger partial charge in [-0.25, -0.2) is 9.37 Å². The third kappa shape index (κ3) is 6.23. The maximum Gasteiger partial charge on any atom is 0.271 e. The second kappa shape index (κ2) is 11.6. The lowest BCUT2D eigenvalue weighted by Crippen LogP contribution is -2.45. The highest BCUT2D eigenvalue weighted by Crippen LogP contribution is 2.39. The summed E-state index contributed by atoms with van der Waals surface area (Å²) in [6.45, 7) is 6.88. The van der Waals surface area contributed by atoms with Gasteiger partial charge in [-0.05, 0) is 52.9 Å². The standard InChI is InChI=1S/C32H32FN3O3S/c1-32(2,3)31(38)36-15-14-22-12-13-25(17-26(22)29(36)23-10-7-11-24(33)16-23)39-19-28-35-27(20-40-28)30(37)34-18-21-8-5-4-6-9-21/h4-13,16-17,20,29H,14-15,18-19H2,1-3H3,(H,34,37)/t29-/m0/s1. The van der Waals surface area contributed by atoms with Gasteiger partial charge < -0.3 is 15.0 Å². The van der Waals surface area contributed by atoms with Crippen molar-refractivity contribution in [3.63, 3.8) is 0 Å². The molecule has 5 rings (SSSR count). The topological polar surface area (TPSA) is 71.5 Å². The number of hydrogen-bond acceptors (Lipinski definition) is 5. The maximum absolute atomic E-state index is 14.3. The second-order valence-electron chi connectivity index (χ2n) is 10.9. The Morgan fingerprint density at radius 2 is 1.88 bits per heavy atom. The van der Waals surface area contributed by atoms with Gasteiger partial charge in [0.2, 0.25) is 5.91 Å². The molecule has 2 amide bonds. The third-order valence-electron chi connectivity index (χ3n) is 6.86. The van der Waals surface area contributed by atoms with E-state index in [-0.39, 0.29) is 24.2 Å². The van der Waals surface area contributed by atoms with Gasteiger partial charge in [-0.3, -0.25) is 9.59 Å². The highest BCUT2D eigenvalue weighted by atomic mass is 32.1. The summed E-state index contributed by atoms with van der Waals surface area (Å²) in [5.41, 5.74) is 3.54. The van der Waals surface area contributed by atoms with E-state index >= 15 is 0 Å². The molecule has 0 saturated heterocycles. The number of benzene rings is 3.